The van der Waals surface area contributed by atoms with Crippen LogP contribution in [0.2, 0.25) is 0 Å². The van der Waals surface area contributed by atoms with E-state index < -0.39 is 35.0 Å². The molecule has 0 radical (unpaired) electrons. The lowest BCUT2D eigenvalue weighted by atomic mass is 9.82. The van der Waals surface area contributed by atoms with Gasteiger partial charge in [0.05, 0.1) is 37.1 Å². The number of carbonyl (C=O) groups is 4. The van der Waals surface area contributed by atoms with Gasteiger partial charge in [-0.3, -0.25) is 9.59 Å². The van der Waals surface area contributed by atoms with Gasteiger partial charge in [-0.15, -0.1) is 0 Å². The smallest absolute Gasteiger partial charge is 0.357 e. The predicted octanol–water partition coefficient (Wildman–Crippen LogP) is 4.09. The molecule has 0 amide bonds. The van der Waals surface area contributed by atoms with Crippen LogP contribution >= 0.6 is 0 Å². The third-order valence-corrected chi connectivity index (χ3v) is 6.53. The summed E-state index contributed by atoms with van der Waals surface area (Å²) in [4.78, 5) is 53.2. The highest BCUT2D eigenvalue weighted by Crippen LogP contribution is 2.40. The predicted molar refractivity (Wildman–Crippen MR) is 144 cm³/mol. The second-order valence-corrected chi connectivity index (χ2v) is 8.90. The van der Waals surface area contributed by atoms with E-state index >= 15 is 0 Å². The maximum atomic E-state index is 13.4. The molecule has 0 saturated heterocycles. The summed E-state index contributed by atoms with van der Waals surface area (Å²) in [5.74, 6) is -3.53. The van der Waals surface area contributed by atoms with Gasteiger partial charge in [0.1, 0.15) is 28.5 Å². The van der Waals surface area contributed by atoms with Gasteiger partial charge in [0.2, 0.25) is 5.78 Å². The summed E-state index contributed by atoms with van der Waals surface area (Å²) in [6.45, 7) is 3.19. The lowest BCUT2D eigenvalue weighted by Crippen LogP contribution is -2.21. The van der Waals surface area contributed by atoms with E-state index in [0.717, 1.165) is 6.07 Å². The summed E-state index contributed by atoms with van der Waals surface area (Å²) in [5.41, 5.74) is -0.860. The first-order valence-electron chi connectivity index (χ1n) is 12.6. The second kappa shape index (κ2) is 10.6. The van der Waals surface area contributed by atoms with Gasteiger partial charge < -0.3 is 24.4 Å². The first-order valence-corrected chi connectivity index (χ1v) is 12.6. The van der Waals surface area contributed by atoms with Crippen molar-refractivity contribution in [3.8, 4) is 34.2 Å². The Morgan fingerprint density at radius 3 is 2.15 bits per heavy atom. The van der Waals surface area contributed by atoms with Crippen molar-refractivity contribution < 1.29 is 43.6 Å². The summed E-state index contributed by atoms with van der Waals surface area (Å²) in [6, 6.07) is 13.1. The molecule has 2 N–H and O–H groups in total. The van der Waals surface area contributed by atoms with E-state index in [0.29, 0.717) is 11.4 Å². The second-order valence-electron chi connectivity index (χ2n) is 8.90. The summed E-state index contributed by atoms with van der Waals surface area (Å²) in [6.07, 6.45) is 0. The number of ketones is 2. The number of ether oxygens (including phenoxy) is 3. The number of methoxy groups -OCH3 is 1. The SMILES string of the molecule is CCOC(=O)c1c(-c2cc(O)c3c(c2)C(=O)c2cccc(O)c2C3=O)nn(-c2ccc(OC)cc2)c1C(=O)OCC. The standard InChI is InChI=1S/C30H24N2O9/c1-4-40-29(37)24-25(31-32(26(24)30(38)41-5-2)16-9-11-17(39-3)12-10-16)15-13-19-23(21(34)14-15)28(36)22-18(27(19)35)7-6-8-20(22)33/h6-14,33-34H,4-5H2,1-3H3. The Hall–Kier alpha value is -5.45. The molecule has 0 atom stereocenters. The Balaban J connectivity index is 1.78. The van der Waals surface area contributed by atoms with Gasteiger partial charge >= 0.3 is 11.9 Å². The number of phenols is 2. The van der Waals surface area contributed by atoms with Gasteiger partial charge in [-0.25, -0.2) is 14.3 Å². The zero-order chi connectivity index (χ0) is 29.4. The van der Waals surface area contributed by atoms with Crippen LogP contribution < -0.4 is 4.74 Å². The van der Waals surface area contributed by atoms with E-state index in [1.165, 1.54) is 36.1 Å². The van der Waals surface area contributed by atoms with Gasteiger partial charge in [0, 0.05) is 16.7 Å². The molecule has 41 heavy (non-hydrogen) atoms. The maximum Gasteiger partial charge on any atom is 0.357 e. The van der Waals surface area contributed by atoms with Crippen LogP contribution in [0.15, 0.2) is 54.6 Å². The van der Waals surface area contributed by atoms with Crippen LogP contribution in [-0.2, 0) is 9.47 Å². The molecule has 0 unspecified atom stereocenters. The fraction of sp³-hybridized carbons (Fsp3) is 0.167. The highest BCUT2D eigenvalue weighted by atomic mass is 16.5. The van der Waals surface area contributed by atoms with Crippen LogP contribution in [0.1, 0.15) is 66.5 Å². The molecule has 1 aromatic heterocycles. The van der Waals surface area contributed by atoms with Crippen molar-refractivity contribution in [2.45, 2.75) is 13.8 Å². The zero-order valence-electron chi connectivity index (χ0n) is 22.3. The Morgan fingerprint density at radius 2 is 1.49 bits per heavy atom. The first-order chi connectivity index (χ1) is 19.7. The molecule has 0 saturated carbocycles. The monoisotopic (exact) mass is 556 g/mol. The zero-order valence-corrected chi connectivity index (χ0v) is 22.3. The fourth-order valence-electron chi connectivity index (χ4n) is 4.73. The van der Waals surface area contributed by atoms with Crippen molar-refractivity contribution in [1.29, 1.82) is 0 Å². The van der Waals surface area contributed by atoms with E-state index in [1.54, 1.807) is 38.1 Å². The molecule has 1 aliphatic rings. The van der Waals surface area contributed by atoms with Crippen molar-refractivity contribution in [1.82, 2.24) is 9.78 Å². The Bertz CT molecular complexity index is 1740. The number of phenolic OH excluding ortho intramolecular Hbond substituents is 2. The molecule has 11 nitrogen and oxygen atoms in total. The highest BCUT2D eigenvalue weighted by molar-refractivity contribution is 6.30. The molecule has 208 valence electrons. The Morgan fingerprint density at radius 1 is 0.829 bits per heavy atom. The molecule has 5 rings (SSSR count). The average molecular weight is 557 g/mol. The minimum Gasteiger partial charge on any atom is -0.507 e. The molecule has 3 aromatic carbocycles. The molecule has 4 aromatic rings. The number of rotatable bonds is 7. The summed E-state index contributed by atoms with van der Waals surface area (Å²) >= 11 is 0. The van der Waals surface area contributed by atoms with Crippen molar-refractivity contribution in [3.63, 3.8) is 0 Å². The van der Waals surface area contributed by atoms with E-state index in [4.69, 9.17) is 14.2 Å². The number of nitrogens with zero attached hydrogens (tertiary/aromatic N) is 2. The van der Waals surface area contributed by atoms with Crippen LogP contribution in [-0.4, -0.2) is 63.8 Å². The number of hydrogen-bond acceptors (Lipinski definition) is 10. The lowest BCUT2D eigenvalue weighted by Gasteiger charge is -2.20. The number of benzene rings is 3. The first kappa shape index (κ1) is 27.1. The van der Waals surface area contributed by atoms with Crippen LogP contribution in [0.4, 0.5) is 0 Å². The quantitative estimate of drug-likeness (QED) is 0.280. The Labute approximate surface area is 233 Å². The summed E-state index contributed by atoms with van der Waals surface area (Å²) in [5, 5.41) is 25.7. The largest absolute Gasteiger partial charge is 0.507 e. The number of aromatic hydroxyl groups is 2. The highest BCUT2D eigenvalue weighted by Gasteiger charge is 2.37. The number of aromatic nitrogens is 2. The lowest BCUT2D eigenvalue weighted by molar-refractivity contribution is 0.0473. The van der Waals surface area contributed by atoms with E-state index in [-0.39, 0.29) is 58.0 Å². The minimum atomic E-state index is -0.889. The van der Waals surface area contributed by atoms with Gasteiger partial charge in [0.15, 0.2) is 11.5 Å². The van der Waals surface area contributed by atoms with E-state index in [2.05, 4.69) is 5.10 Å². The molecule has 0 aliphatic heterocycles. The van der Waals surface area contributed by atoms with Crippen molar-refractivity contribution >= 4 is 23.5 Å². The number of fused-ring (bicyclic) bond motifs is 2. The average Bonchev–Trinajstić information content (AvgIpc) is 3.37. The van der Waals surface area contributed by atoms with Gasteiger partial charge in [0.25, 0.3) is 0 Å². The molecular weight excluding hydrogens is 532 g/mol. The van der Waals surface area contributed by atoms with Crippen LogP contribution in [0.3, 0.4) is 0 Å². The molecule has 0 spiro atoms. The van der Waals surface area contributed by atoms with Gasteiger partial charge in [-0.05, 0) is 56.3 Å². The van der Waals surface area contributed by atoms with E-state index in [1.807, 2.05) is 0 Å². The fourth-order valence-corrected chi connectivity index (χ4v) is 4.73. The topological polar surface area (TPSA) is 154 Å². The van der Waals surface area contributed by atoms with Crippen LogP contribution in [0.5, 0.6) is 17.2 Å². The minimum absolute atomic E-state index is 0.00667. The summed E-state index contributed by atoms with van der Waals surface area (Å²) in [7, 11) is 1.50. The van der Waals surface area contributed by atoms with Gasteiger partial charge in [-0.1, -0.05) is 12.1 Å². The molecule has 0 bridgehead atoms. The van der Waals surface area contributed by atoms with Gasteiger partial charge in [-0.2, -0.15) is 5.10 Å². The van der Waals surface area contributed by atoms with Crippen LogP contribution in [0, 0.1) is 0 Å². The molecule has 1 aliphatic carbocycles. The van der Waals surface area contributed by atoms with E-state index in [9.17, 15) is 29.4 Å². The van der Waals surface area contributed by atoms with Crippen molar-refractivity contribution in [2.75, 3.05) is 20.3 Å². The normalized spacial score (nSPS) is 12.0. The van der Waals surface area contributed by atoms with Crippen LogP contribution in [0.25, 0.3) is 16.9 Å². The molecule has 0 fully saturated rings. The van der Waals surface area contributed by atoms with Crippen molar-refractivity contribution in [2.24, 2.45) is 0 Å². The third-order valence-electron chi connectivity index (χ3n) is 6.53. The number of carbonyl (C=O) groups excluding carboxylic acids is 4. The van der Waals surface area contributed by atoms with Crippen molar-refractivity contribution in [3.05, 3.63) is 88.1 Å². The Kier molecular flexibility index (Phi) is 7.02. The molecular formula is C30H24N2O9. The number of esters is 2. The maximum absolute atomic E-state index is 13.4. The summed E-state index contributed by atoms with van der Waals surface area (Å²) < 4.78 is 16.9. The third kappa shape index (κ3) is 4.46. The molecule has 11 heteroatoms. The molecule has 1 heterocycles. The number of hydrogen-bond donors (Lipinski definition) is 2.